The van der Waals surface area contributed by atoms with Crippen LogP contribution in [0.25, 0.3) is 11.1 Å². The summed E-state index contributed by atoms with van der Waals surface area (Å²) in [5.41, 5.74) is 10.1. The maximum atomic E-state index is 15.0. The zero-order chi connectivity index (χ0) is 23.4. The average molecular weight is 449 g/mol. The fourth-order valence-corrected chi connectivity index (χ4v) is 3.81. The van der Waals surface area contributed by atoms with Crippen LogP contribution in [0, 0.1) is 11.2 Å². The highest BCUT2D eigenvalue weighted by atomic mass is 19.1. The normalized spacial score (nSPS) is 14.0. The highest BCUT2D eigenvalue weighted by Gasteiger charge is 2.36. The van der Waals surface area contributed by atoms with Gasteiger partial charge in [-0.3, -0.25) is 4.79 Å². The van der Waals surface area contributed by atoms with Crippen LogP contribution < -0.4 is 15.8 Å². The van der Waals surface area contributed by atoms with Gasteiger partial charge in [-0.2, -0.15) is 0 Å². The lowest BCUT2D eigenvalue weighted by atomic mass is 9.99. The van der Waals surface area contributed by atoms with Crippen molar-refractivity contribution in [2.75, 3.05) is 11.9 Å². The van der Waals surface area contributed by atoms with Gasteiger partial charge < -0.3 is 20.9 Å². The van der Waals surface area contributed by atoms with Crippen molar-refractivity contribution < 1.29 is 19.0 Å². The summed E-state index contributed by atoms with van der Waals surface area (Å²) in [5, 5.41) is 12.7. The Bertz CT molecular complexity index is 1160. The molecule has 0 saturated heterocycles. The van der Waals surface area contributed by atoms with Crippen molar-refractivity contribution in [1.82, 2.24) is 0 Å². The quantitative estimate of drug-likeness (QED) is 0.388. The topological polar surface area (TPSA) is 84.6 Å². The monoisotopic (exact) mass is 448 g/mol. The van der Waals surface area contributed by atoms with Crippen LogP contribution in [-0.2, 0) is 24.4 Å². The van der Waals surface area contributed by atoms with Crippen molar-refractivity contribution in [1.29, 1.82) is 0 Å². The van der Waals surface area contributed by atoms with Crippen molar-refractivity contribution in [3.63, 3.8) is 0 Å². The van der Waals surface area contributed by atoms with E-state index in [2.05, 4.69) is 12.2 Å². The third-order valence-electron chi connectivity index (χ3n) is 6.13. The number of benzene rings is 3. The van der Waals surface area contributed by atoms with Gasteiger partial charge in [-0.1, -0.05) is 43.3 Å². The highest BCUT2D eigenvalue weighted by molar-refractivity contribution is 5.72. The molecule has 0 heterocycles. The number of carboxylic acids is 1. The number of carboxylic acid groups (broad SMARTS) is 1. The van der Waals surface area contributed by atoms with Gasteiger partial charge in [0.05, 0.1) is 6.42 Å². The summed E-state index contributed by atoms with van der Waals surface area (Å²) in [6, 6.07) is 18.2. The number of rotatable bonds is 10. The van der Waals surface area contributed by atoms with E-state index in [0.29, 0.717) is 27.9 Å². The number of carbonyl (C=O) groups is 1. The fourth-order valence-electron chi connectivity index (χ4n) is 3.81. The Hall–Kier alpha value is -3.38. The van der Waals surface area contributed by atoms with Crippen LogP contribution in [-0.4, -0.2) is 17.6 Å². The molecule has 1 aliphatic carbocycles. The minimum Gasteiger partial charge on any atom is -0.489 e. The number of anilines is 1. The Labute approximate surface area is 193 Å². The van der Waals surface area contributed by atoms with E-state index >= 15 is 4.39 Å². The Morgan fingerprint density at radius 1 is 1.12 bits per heavy atom. The molecule has 0 bridgehead atoms. The minimum absolute atomic E-state index is 0.112. The van der Waals surface area contributed by atoms with E-state index in [4.69, 9.17) is 15.6 Å². The molecule has 0 amide bonds. The summed E-state index contributed by atoms with van der Waals surface area (Å²) < 4.78 is 21.0. The molecule has 3 aromatic carbocycles. The molecule has 0 aliphatic heterocycles. The summed E-state index contributed by atoms with van der Waals surface area (Å²) in [6.45, 7) is 3.46. The Kier molecular flexibility index (Phi) is 6.65. The third kappa shape index (κ3) is 5.71. The largest absolute Gasteiger partial charge is 0.489 e. The molecule has 0 aromatic heterocycles. The molecular weight excluding hydrogens is 419 g/mol. The van der Waals surface area contributed by atoms with Gasteiger partial charge in [0, 0.05) is 35.5 Å². The van der Waals surface area contributed by atoms with Crippen LogP contribution >= 0.6 is 0 Å². The number of halogens is 1. The second-order valence-corrected chi connectivity index (χ2v) is 9.03. The number of ether oxygens (including phenoxy) is 1. The van der Waals surface area contributed by atoms with Crippen molar-refractivity contribution >= 4 is 11.7 Å². The molecule has 0 unspecified atom stereocenters. The number of nitrogens with one attached hydrogen (secondary N) is 1. The maximum Gasteiger partial charge on any atom is 0.307 e. The standard InChI is InChI=1S/C27H29FN2O3/c1-27(9-10-27)17-30-22-12-18(16-33-24-8-3-2-5-19(24)14-25(31)32)11-21(13-22)23-7-4-6-20(15-29)26(23)28/h2-8,11-13,30H,9-10,14-17,29H2,1H3,(H,31,32). The van der Waals surface area contributed by atoms with E-state index in [0.717, 1.165) is 23.4 Å². The summed E-state index contributed by atoms with van der Waals surface area (Å²) in [7, 11) is 0. The first-order chi connectivity index (χ1) is 15.9. The summed E-state index contributed by atoms with van der Waals surface area (Å²) >= 11 is 0. The van der Waals surface area contributed by atoms with Gasteiger partial charge >= 0.3 is 5.97 Å². The Morgan fingerprint density at radius 2 is 1.88 bits per heavy atom. The first-order valence-electron chi connectivity index (χ1n) is 11.1. The summed E-state index contributed by atoms with van der Waals surface area (Å²) in [4.78, 5) is 11.2. The molecule has 4 rings (SSSR count). The number of aliphatic carboxylic acids is 1. The molecule has 172 valence electrons. The molecule has 0 atom stereocenters. The molecule has 4 N–H and O–H groups in total. The zero-order valence-electron chi connectivity index (χ0n) is 18.7. The SMILES string of the molecule is CC1(CNc2cc(COc3ccccc3CC(=O)O)cc(-c3cccc(CN)c3F)c2)CC1. The average Bonchev–Trinajstić information content (AvgIpc) is 3.54. The molecule has 1 saturated carbocycles. The predicted octanol–water partition coefficient (Wildman–Crippen LogP) is 5.37. The first kappa shape index (κ1) is 22.8. The number of para-hydroxylation sites is 1. The van der Waals surface area contributed by atoms with Gasteiger partial charge in [0.25, 0.3) is 0 Å². The predicted molar refractivity (Wildman–Crippen MR) is 128 cm³/mol. The second kappa shape index (κ2) is 9.63. The molecule has 1 aliphatic rings. The van der Waals surface area contributed by atoms with E-state index in [1.54, 1.807) is 30.3 Å². The molecule has 3 aromatic rings. The van der Waals surface area contributed by atoms with Crippen LogP contribution in [0.1, 0.15) is 36.5 Å². The van der Waals surface area contributed by atoms with Gasteiger partial charge in [-0.25, -0.2) is 4.39 Å². The van der Waals surface area contributed by atoms with Crippen molar-refractivity contribution in [3.05, 3.63) is 83.2 Å². The maximum absolute atomic E-state index is 15.0. The van der Waals surface area contributed by atoms with Gasteiger partial charge in [0.15, 0.2) is 0 Å². The molecule has 0 radical (unpaired) electrons. The second-order valence-electron chi connectivity index (χ2n) is 9.03. The lowest BCUT2D eigenvalue weighted by molar-refractivity contribution is -0.136. The van der Waals surface area contributed by atoms with Crippen LogP contribution in [0.5, 0.6) is 5.75 Å². The van der Waals surface area contributed by atoms with Gasteiger partial charge in [0.2, 0.25) is 0 Å². The van der Waals surface area contributed by atoms with Gasteiger partial charge in [-0.05, 0) is 53.6 Å². The summed E-state index contributed by atoms with van der Waals surface area (Å²) in [5.74, 6) is -0.699. The van der Waals surface area contributed by atoms with E-state index in [-0.39, 0.29) is 25.4 Å². The first-order valence-corrected chi connectivity index (χ1v) is 11.1. The van der Waals surface area contributed by atoms with Crippen molar-refractivity contribution in [2.24, 2.45) is 11.1 Å². The van der Waals surface area contributed by atoms with E-state index in [9.17, 15) is 4.79 Å². The molecule has 6 heteroatoms. The summed E-state index contributed by atoms with van der Waals surface area (Å²) in [6.07, 6.45) is 2.28. The lowest BCUT2D eigenvalue weighted by Gasteiger charge is -2.16. The molecule has 33 heavy (non-hydrogen) atoms. The zero-order valence-corrected chi connectivity index (χ0v) is 18.7. The van der Waals surface area contributed by atoms with Crippen molar-refractivity contribution in [3.8, 4) is 16.9 Å². The minimum atomic E-state index is -0.914. The number of nitrogens with two attached hydrogens (primary N) is 1. The Morgan fingerprint density at radius 3 is 2.61 bits per heavy atom. The van der Waals surface area contributed by atoms with Crippen molar-refractivity contribution in [2.45, 2.75) is 39.3 Å². The van der Waals surface area contributed by atoms with Gasteiger partial charge in [-0.15, -0.1) is 0 Å². The van der Waals surface area contributed by atoms with E-state index in [1.165, 1.54) is 12.8 Å². The van der Waals surface area contributed by atoms with E-state index in [1.807, 2.05) is 30.3 Å². The molecule has 1 fully saturated rings. The van der Waals surface area contributed by atoms with Crippen LogP contribution in [0.2, 0.25) is 0 Å². The Balaban J connectivity index is 1.63. The number of hydrogen-bond acceptors (Lipinski definition) is 4. The van der Waals surface area contributed by atoms with Crippen LogP contribution in [0.3, 0.4) is 0 Å². The third-order valence-corrected chi connectivity index (χ3v) is 6.13. The van der Waals surface area contributed by atoms with Gasteiger partial charge in [0.1, 0.15) is 18.2 Å². The van der Waals surface area contributed by atoms with Crippen LogP contribution in [0.15, 0.2) is 60.7 Å². The molecule has 0 spiro atoms. The van der Waals surface area contributed by atoms with Crippen LogP contribution in [0.4, 0.5) is 10.1 Å². The smallest absolute Gasteiger partial charge is 0.307 e. The highest BCUT2D eigenvalue weighted by Crippen LogP contribution is 2.45. The number of hydrogen-bond donors (Lipinski definition) is 3. The molecule has 5 nitrogen and oxygen atoms in total. The van der Waals surface area contributed by atoms with E-state index < -0.39 is 5.97 Å². The fraction of sp³-hybridized carbons (Fsp3) is 0.296. The lowest BCUT2D eigenvalue weighted by Crippen LogP contribution is -2.12. The molecular formula is C27H29FN2O3.